The fraction of sp³-hybridized carbons (Fsp3) is 0.200. The average Bonchev–Trinajstić information content (AvgIpc) is 2.21. The molecule has 0 unspecified atom stereocenters. The predicted molar refractivity (Wildman–Crippen MR) is 55.4 cm³/mol. The fourth-order valence-electron chi connectivity index (χ4n) is 0.998. The number of hydrogen-bond donors (Lipinski definition) is 0. The van der Waals surface area contributed by atoms with Gasteiger partial charge in [-0.1, -0.05) is 29.8 Å². The van der Waals surface area contributed by atoms with Crippen LogP contribution in [-0.2, 0) is 20.8 Å². The summed E-state index contributed by atoms with van der Waals surface area (Å²) in [7, 11) is 1.26. The highest BCUT2D eigenvalue weighted by atomic mass is 32.1. The van der Waals surface area contributed by atoms with Crippen molar-refractivity contribution in [3.63, 3.8) is 0 Å². The van der Waals surface area contributed by atoms with E-state index < -0.39 is 5.97 Å². The number of ether oxygens (including phenoxy) is 1. The molecule has 0 radical (unpaired) electrons. The first-order valence-electron chi connectivity index (χ1n) is 4.01. The Bertz CT molecular complexity index is 388. The number of aryl methyl sites for hydroxylation is 1. The first kappa shape index (κ1) is 10.7. The maximum absolute atomic E-state index is 11.1. The van der Waals surface area contributed by atoms with Gasteiger partial charge in [-0.3, -0.25) is 0 Å². The molecule has 0 heterocycles. The molecule has 0 aromatic heterocycles. The molecule has 0 atom stereocenters. The minimum Gasteiger partial charge on any atom is -0.465 e. The molecule has 0 saturated heterocycles. The Hall–Kier alpha value is -1.42. The molecule has 0 N–H and O–H groups in total. The molecule has 0 fully saturated rings. The van der Waals surface area contributed by atoms with E-state index >= 15 is 0 Å². The van der Waals surface area contributed by atoms with Crippen molar-refractivity contribution in [1.29, 1.82) is 0 Å². The first-order chi connectivity index (χ1) is 6.69. The highest BCUT2D eigenvalue weighted by Crippen LogP contribution is 2.04. The van der Waals surface area contributed by atoms with E-state index in [0.29, 0.717) is 5.56 Å². The molecule has 0 saturated carbocycles. The lowest BCUT2D eigenvalue weighted by Gasteiger charge is -2.01. The van der Waals surface area contributed by atoms with Crippen molar-refractivity contribution in [1.82, 2.24) is 0 Å². The Balaban J connectivity index is 3.09. The second kappa shape index (κ2) is 4.72. The molecule has 0 aliphatic heterocycles. The summed E-state index contributed by atoms with van der Waals surface area (Å²) in [5.41, 5.74) is 1.68. The van der Waals surface area contributed by atoms with Crippen molar-refractivity contribution in [2.75, 3.05) is 7.11 Å². The van der Waals surface area contributed by atoms with Crippen molar-refractivity contribution in [2.45, 2.75) is 6.92 Å². The van der Waals surface area contributed by atoms with E-state index in [-0.39, 0.29) is 16.1 Å². The second-order valence-electron chi connectivity index (χ2n) is 2.77. The minimum atomic E-state index is -0.589. The summed E-state index contributed by atoms with van der Waals surface area (Å²) in [5.74, 6) is -0.589. The number of rotatable bonds is 2. The molecule has 0 bridgehead atoms. The number of esters is 1. The summed E-state index contributed by atoms with van der Waals surface area (Å²) in [6.07, 6.45) is 0. The Morgan fingerprint density at radius 3 is 2.29 bits per heavy atom. The Morgan fingerprint density at radius 1 is 1.29 bits per heavy atom. The molecule has 3 nitrogen and oxygen atoms in total. The standard InChI is InChI=1S/C10H10O3S/c1-7-3-5-8(6-4-7)9(14-12)10(11)13-2/h3-6H,1-2H3. The predicted octanol–water partition coefficient (Wildman–Crippen LogP) is 0.902. The maximum atomic E-state index is 11.1. The van der Waals surface area contributed by atoms with Gasteiger partial charge in [0.15, 0.2) is 4.86 Å². The zero-order valence-corrected chi connectivity index (χ0v) is 8.76. The monoisotopic (exact) mass is 210 g/mol. The van der Waals surface area contributed by atoms with Crippen LogP contribution in [0.25, 0.3) is 0 Å². The van der Waals surface area contributed by atoms with Gasteiger partial charge >= 0.3 is 5.97 Å². The molecular weight excluding hydrogens is 200 g/mol. The van der Waals surface area contributed by atoms with Crippen LogP contribution in [0.1, 0.15) is 11.1 Å². The van der Waals surface area contributed by atoms with Crippen LogP contribution in [0.5, 0.6) is 0 Å². The van der Waals surface area contributed by atoms with Gasteiger partial charge in [-0.15, -0.1) is 0 Å². The Morgan fingerprint density at radius 2 is 1.86 bits per heavy atom. The van der Waals surface area contributed by atoms with Gasteiger partial charge in [-0.25, -0.2) is 9.00 Å². The van der Waals surface area contributed by atoms with Gasteiger partial charge in [0.05, 0.1) is 7.11 Å². The van der Waals surface area contributed by atoms with Crippen LogP contribution < -0.4 is 0 Å². The quantitative estimate of drug-likeness (QED) is 0.414. The van der Waals surface area contributed by atoms with Gasteiger partial charge in [0.2, 0.25) is 0 Å². The zero-order valence-electron chi connectivity index (χ0n) is 7.94. The summed E-state index contributed by atoms with van der Waals surface area (Å²) in [6, 6.07) is 7.14. The summed E-state index contributed by atoms with van der Waals surface area (Å²) in [5, 5.41) is 0. The average molecular weight is 210 g/mol. The number of hydrogen-bond acceptors (Lipinski definition) is 3. The van der Waals surface area contributed by atoms with Crippen LogP contribution in [0.2, 0.25) is 0 Å². The van der Waals surface area contributed by atoms with E-state index in [0.717, 1.165) is 5.56 Å². The number of carbonyl (C=O) groups excluding carboxylic acids is 1. The summed E-state index contributed by atoms with van der Waals surface area (Å²) < 4.78 is 15.2. The Kier molecular flexibility index (Phi) is 3.59. The fourth-order valence-corrected chi connectivity index (χ4v) is 1.38. The van der Waals surface area contributed by atoms with E-state index in [1.165, 1.54) is 7.11 Å². The van der Waals surface area contributed by atoms with E-state index in [2.05, 4.69) is 4.74 Å². The van der Waals surface area contributed by atoms with Gasteiger partial charge in [0.25, 0.3) is 0 Å². The molecule has 1 aromatic carbocycles. The molecular formula is C10H10O3S. The highest BCUT2D eigenvalue weighted by Gasteiger charge is 2.12. The molecule has 0 spiro atoms. The molecule has 1 aromatic rings. The highest BCUT2D eigenvalue weighted by molar-refractivity contribution is 7.69. The minimum absolute atomic E-state index is 0.0903. The summed E-state index contributed by atoms with van der Waals surface area (Å²) in [4.78, 5) is 11.2. The van der Waals surface area contributed by atoms with Crippen LogP contribution in [0, 0.1) is 6.92 Å². The molecule has 74 valence electrons. The van der Waals surface area contributed by atoms with Crippen molar-refractivity contribution in [3.05, 3.63) is 35.4 Å². The normalized spacial score (nSPS) is 9.29. The second-order valence-corrected chi connectivity index (χ2v) is 3.34. The largest absolute Gasteiger partial charge is 0.465 e. The third-order valence-corrected chi connectivity index (χ3v) is 2.34. The van der Waals surface area contributed by atoms with E-state index in [9.17, 15) is 9.00 Å². The summed E-state index contributed by atoms with van der Waals surface area (Å²) >= 11 is 0.154. The SMILES string of the molecule is COC(=O)C(=S=O)c1ccc(C)cc1. The topological polar surface area (TPSA) is 43.4 Å². The lowest BCUT2D eigenvalue weighted by Crippen LogP contribution is -2.16. The third kappa shape index (κ3) is 2.29. The van der Waals surface area contributed by atoms with Crippen LogP contribution in [0.3, 0.4) is 0 Å². The lowest BCUT2D eigenvalue weighted by molar-refractivity contribution is -0.132. The smallest absolute Gasteiger partial charge is 0.351 e. The third-order valence-electron chi connectivity index (χ3n) is 1.77. The van der Waals surface area contributed by atoms with E-state index in [1.54, 1.807) is 12.1 Å². The van der Waals surface area contributed by atoms with Crippen LogP contribution in [0.15, 0.2) is 24.3 Å². The molecule has 0 aliphatic carbocycles. The van der Waals surface area contributed by atoms with Crippen molar-refractivity contribution in [2.24, 2.45) is 0 Å². The molecule has 14 heavy (non-hydrogen) atoms. The number of benzene rings is 1. The zero-order chi connectivity index (χ0) is 10.6. The van der Waals surface area contributed by atoms with Crippen LogP contribution >= 0.6 is 0 Å². The molecule has 0 amide bonds. The Labute approximate surface area is 85.8 Å². The number of carbonyl (C=O) groups is 1. The van der Waals surface area contributed by atoms with Crippen molar-refractivity contribution >= 4 is 22.1 Å². The van der Waals surface area contributed by atoms with Gasteiger partial charge < -0.3 is 4.74 Å². The maximum Gasteiger partial charge on any atom is 0.351 e. The van der Waals surface area contributed by atoms with Crippen molar-refractivity contribution < 1.29 is 13.7 Å². The number of methoxy groups -OCH3 is 1. The van der Waals surface area contributed by atoms with E-state index in [1.807, 2.05) is 19.1 Å². The van der Waals surface area contributed by atoms with Gasteiger partial charge in [-0.2, -0.15) is 0 Å². The van der Waals surface area contributed by atoms with Gasteiger partial charge in [0.1, 0.15) is 11.3 Å². The van der Waals surface area contributed by atoms with E-state index in [4.69, 9.17) is 0 Å². The lowest BCUT2D eigenvalue weighted by atomic mass is 10.1. The van der Waals surface area contributed by atoms with Crippen LogP contribution in [-0.4, -0.2) is 22.2 Å². The molecule has 4 heteroatoms. The van der Waals surface area contributed by atoms with Gasteiger partial charge in [-0.05, 0) is 6.92 Å². The first-order valence-corrected chi connectivity index (χ1v) is 4.75. The molecule has 0 aliphatic rings. The van der Waals surface area contributed by atoms with Crippen LogP contribution in [0.4, 0.5) is 0 Å². The molecule has 1 rings (SSSR count). The van der Waals surface area contributed by atoms with Crippen molar-refractivity contribution in [3.8, 4) is 0 Å². The van der Waals surface area contributed by atoms with Gasteiger partial charge in [0, 0.05) is 5.56 Å². The summed E-state index contributed by atoms with van der Waals surface area (Å²) in [6.45, 7) is 1.94.